The molecule has 0 aromatic heterocycles. The predicted octanol–water partition coefficient (Wildman–Crippen LogP) is 0.877. The Morgan fingerprint density at radius 2 is 2.12 bits per heavy atom. The van der Waals surface area contributed by atoms with Gasteiger partial charge >= 0.3 is 0 Å². The van der Waals surface area contributed by atoms with Gasteiger partial charge in [-0.25, -0.2) is 0 Å². The number of aromatic hydroxyl groups is 2. The SMILES string of the molecule is CC1CN(Cc2ccc(O)cc2O)CC1N. The summed E-state index contributed by atoms with van der Waals surface area (Å²) in [6, 6.07) is 4.93. The van der Waals surface area contributed by atoms with E-state index in [4.69, 9.17) is 5.73 Å². The zero-order valence-electron chi connectivity index (χ0n) is 9.43. The van der Waals surface area contributed by atoms with Gasteiger partial charge in [0, 0.05) is 37.3 Å². The minimum atomic E-state index is 0.0905. The molecule has 4 nitrogen and oxygen atoms in total. The summed E-state index contributed by atoms with van der Waals surface area (Å²) < 4.78 is 0. The number of rotatable bonds is 2. The van der Waals surface area contributed by atoms with E-state index in [1.165, 1.54) is 6.07 Å². The molecule has 1 fully saturated rings. The van der Waals surface area contributed by atoms with Crippen LogP contribution in [0.5, 0.6) is 11.5 Å². The van der Waals surface area contributed by atoms with Crippen LogP contribution in [0.2, 0.25) is 0 Å². The zero-order chi connectivity index (χ0) is 11.7. The van der Waals surface area contributed by atoms with E-state index < -0.39 is 0 Å². The van der Waals surface area contributed by atoms with Gasteiger partial charge in [0.2, 0.25) is 0 Å². The van der Waals surface area contributed by atoms with Crippen LogP contribution in [0.3, 0.4) is 0 Å². The summed E-state index contributed by atoms with van der Waals surface area (Å²) >= 11 is 0. The summed E-state index contributed by atoms with van der Waals surface area (Å²) in [5.74, 6) is 0.736. The molecule has 2 rings (SSSR count). The molecule has 0 amide bonds. The maximum absolute atomic E-state index is 9.67. The number of hydrogen-bond acceptors (Lipinski definition) is 4. The van der Waals surface area contributed by atoms with Gasteiger partial charge < -0.3 is 15.9 Å². The molecule has 0 saturated carbocycles. The monoisotopic (exact) mass is 222 g/mol. The summed E-state index contributed by atoms with van der Waals surface area (Å²) in [5, 5.41) is 18.9. The van der Waals surface area contributed by atoms with Gasteiger partial charge in [0.1, 0.15) is 11.5 Å². The first-order chi connectivity index (χ1) is 7.56. The van der Waals surface area contributed by atoms with Gasteiger partial charge in [0.15, 0.2) is 0 Å². The molecule has 88 valence electrons. The molecule has 0 radical (unpaired) electrons. The molecule has 1 aromatic carbocycles. The Balaban J connectivity index is 2.05. The first-order valence-corrected chi connectivity index (χ1v) is 5.55. The smallest absolute Gasteiger partial charge is 0.123 e. The lowest BCUT2D eigenvalue weighted by Crippen LogP contribution is -2.28. The van der Waals surface area contributed by atoms with Gasteiger partial charge in [-0.15, -0.1) is 0 Å². The molecule has 4 N–H and O–H groups in total. The first-order valence-electron chi connectivity index (χ1n) is 5.55. The second-order valence-electron chi connectivity index (χ2n) is 4.65. The van der Waals surface area contributed by atoms with Gasteiger partial charge in [0.05, 0.1) is 0 Å². The van der Waals surface area contributed by atoms with Gasteiger partial charge in [-0.1, -0.05) is 13.0 Å². The summed E-state index contributed by atoms with van der Waals surface area (Å²) in [5.41, 5.74) is 6.77. The van der Waals surface area contributed by atoms with Crippen LogP contribution < -0.4 is 5.73 Å². The van der Waals surface area contributed by atoms with Gasteiger partial charge in [-0.3, -0.25) is 4.90 Å². The van der Waals surface area contributed by atoms with Crippen LogP contribution in [0.25, 0.3) is 0 Å². The zero-order valence-corrected chi connectivity index (χ0v) is 9.43. The number of nitrogens with two attached hydrogens (primary N) is 1. The average molecular weight is 222 g/mol. The van der Waals surface area contributed by atoms with Crippen LogP contribution in [0.4, 0.5) is 0 Å². The largest absolute Gasteiger partial charge is 0.508 e. The third kappa shape index (κ3) is 2.28. The standard InChI is InChI=1S/C12H18N2O2/c1-8-5-14(7-11(8)13)6-9-2-3-10(15)4-12(9)16/h2-4,8,11,15-16H,5-7,13H2,1H3. The topological polar surface area (TPSA) is 69.7 Å². The van der Waals surface area contributed by atoms with E-state index >= 15 is 0 Å². The van der Waals surface area contributed by atoms with E-state index in [-0.39, 0.29) is 17.5 Å². The van der Waals surface area contributed by atoms with Crippen LogP contribution in [0, 0.1) is 5.92 Å². The maximum Gasteiger partial charge on any atom is 0.123 e. The molecule has 1 aliphatic heterocycles. The van der Waals surface area contributed by atoms with Gasteiger partial charge in [0.25, 0.3) is 0 Å². The predicted molar refractivity (Wildman–Crippen MR) is 62.2 cm³/mol. The summed E-state index contributed by atoms with van der Waals surface area (Å²) in [4.78, 5) is 2.22. The van der Waals surface area contributed by atoms with Crippen LogP contribution >= 0.6 is 0 Å². The van der Waals surface area contributed by atoms with Crippen molar-refractivity contribution in [2.75, 3.05) is 13.1 Å². The Hall–Kier alpha value is -1.26. The van der Waals surface area contributed by atoms with Crippen molar-refractivity contribution in [3.63, 3.8) is 0 Å². The van der Waals surface area contributed by atoms with E-state index in [1.54, 1.807) is 12.1 Å². The number of benzene rings is 1. The number of likely N-dealkylation sites (tertiary alicyclic amines) is 1. The molecule has 0 bridgehead atoms. The van der Waals surface area contributed by atoms with E-state index in [0.717, 1.165) is 18.7 Å². The normalized spacial score (nSPS) is 26.1. The van der Waals surface area contributed by atoms with E-state index in [2.05, 4.69) is 11.8 Å². The third-order valence-electron chi connectivity index (χ3n) is 3.21. The third-order valence-corrected chi connectivity index (χ3v) is 3.21. The number of hydrogen-bond donors (Lipinski definition) is 3. The van der Waals surface area contributed by atoms with Crippen LogP contribution in [-0.2, 0) is 6.54 Å². The molecule has 0 aliphatic carbocycles. The van der Waals surface area contributed by atoms with Crippen molar-refractivity contribution in [2.24, 2.45) is 11.7 Å². The molecule has 4 heteroatoms. The highest BCUT2D eigenvalue weighted by atomic mass is 16.3. The summed E-state index contributed by atoms with van der Waals surface area (Å²) in [7, 11) is 0. The average Bonchev–Trinajstić information content (AvgIpc) is 2.51. The fourth-order valence-corrected chi connectivity index (χ4v) is 2.15. The molecule has 0 spiro atoms. The van der Waals surface area contributed by atoms with Crippen molar-refractivity contribution in [2.45, 2.75) is 19.5 Å². The Morgan fingerprint density at radius 3 is 2.69 bits per heavy atom. The molecule has 16 heavy (non-hydrogen) atoms. The van der Waals surface area contributed by atoms with Crippen molar-refractivity contribution < 1.29 is 10.2 Å². The first kappa shape index (κ1) is 11.2. The maximum atomic E-state index is 9.67. The van der Waals surface area contributed by atoms with E-state index in [0.29, 0.717) is 12.5 Å². The number of nitrogens with zero attached hydrogens (tertiary/aromatic N) is 1. The molecule has 1 aromatic rings. The van der Waals surface area contributed by atoms with Crippen molar-refractivity contribution >= 4 is 0 Å². The van der Waals surface area contributed by atoms with Crippen molar-refractivity contribution in [1.82, 2.24) is 4.90 Å². The van der Waals surface area contributed by atoms with Gasteiger partial charge in [-0.05, 0) is 12.0 Å². The highest BCUT2D eigenvalue weighted by Crippen LogP contribution is 2.25. The fraction of sp³-hybridized carbons (Fsp3) is 0.500. The highest BCUT2D eigenvalue weighted by Gasteiger charge is 2.26. The van der Waals surface area contributed by atoms with Crippen LogP contribution in [0.1, 0.15) is 12.5 Å². The van der Waals surface area contributed by atoms with Crippen molar-refractivity contribution in [3.05, 3.63) is 23.8 Å². The lowest BCUT2D eigenvalue weighted by atomic mass is 10.1. The number of phenols is 2. The molecule has 1 aliphatic rings. The lowest BCUT2D eigenvalue weighted by Gasteiger charge is -2.16. The molecule has 2 atom stereocenters. The quantitative estimate of drug-likeness (QED) is 0.694. The lowest BCUT2D eigenvalue weighted by molar-refractivity contribution is 0.312. The molecule has 1 heterocycles. The van der Waals surface area contributed by atoms with E-state index in [9.17, 15) is 10.2 Å². The second-order valence-corrected chi connectivity index (χ2v) is 4.65. The Kier molecular flexibility index (Phi) is 3.03. The molecule has 1 saturated heterocycles. The van der Waals surface area contributed by atoms with Crippen molar-refractivity contribution in [1.29, 1.82) is 0 Å². The van der Waals surface area contributed by atoms with E-state index in [1.807, 2.05) is 0 Å². The Morgan fingerprint density at radius 1 is 1.38 bits per heavy atom. The molecule has 2 unspecified atom stereocenters. The molecular weight excluding hydrogens is 204 g/mol. The second kappa shape index (κ2) is 4.31. The fourth-order valence-electron chi connectivity index (χ4n) is 2.15. The molecular formula is C12H18N2O2. The summed E-state index contributed by atoms with van der Waals surface area (Å²) in [6.45, 7) is 4.65. The Bertz CT molecular complexity index is 371. The highest BCUT2D eigenvalue weighted by molar-refractivity contribution is 5.38. The van der Waals surface area contributed by atoms with Gasteiger partial charge in [-0.2, -0.15) is 0 Å². The van der Waals surface area contributed by atoms with Crippen LogP contribution in [-0.4, -0.2) is 34.2 Å². The minimum absolute atomic E-state index is 0.0905. The Labute approximate surface area is 95.3 Å². The van der Waals surface area contributed by atoms with Crippen LogP contribution in [0.15, 0.2) is 18.2 Å². The van der Waals surface area contributed by atoms with Crippen molar-refractivity contribution in [3.8, 4) is 11.5 Å². The summed E-state index contributed by atoms with van der Waals surface area (Å²) in [6.07, 6.45) is 0. The number of phenolic OH excluding ortho intramolecular Hbond substituents is 2. The minimum Gasteiger partial charge on any atom is -0.508 e.